The van der Waals surface area contributed by atoms with Gasteiger partial charge in [-0.25, -0.2) is 0 Å². The molecule has 0 amide bonds. The van der Waals surface area contributed by atoms with Crippen molar-refractivity contribution in [2.24, 2.45) is 0 Å². The van der Waals surface area contributed by atoms with Gasteiger partial charge in [0.05, 0.1) is 30.9 Å². The Hall–Kier alpha value is -0.820. The zero-order valence-corrected chi connectivity index (χ0v) is 14.6. The smallest absolute Gasteiger partial charge is 0.175 e. The first-order valence-corrected chi connectivity index (χ1v) is 8.46. The van der Waals surface area contributed by atoms with Gasteiger partial charge in [-0.2, -0.15) is 0 Å². The summed E-state index contributed by atoms with van der Waals surface area (Å²) in [6, 6.07) is 4.13. The molecule has 0 fully saturated rings. The molecular formula is C16H24BrNO4. The highest BCUT2D eigenvalue weighted by atomic mass is 79.9. The highest BCUT2D eigenvalue weighted by Crippen LogP contribution is 2.38. The van der Waals surface area contributed by atoms with E-state index in [1.54, 1.807) is 7.11 Å². The highest BCUT2D eigenvalue weighted by Gasteiger charge is 2.14. The molecule has 0 saturated carbocycles. The summed E-state index contributed by atoms with van der Waals surface area (Å²) < 4.78 is 22.7. The van der Waals surface area contributed by atoms with Gasteiger partial charge in [0.1, 0.15) is 0 Å². The lowest BCUT2D eigenvalue weighted by molar-refractivity contribution is 0.0695. The number of hydrogen-bond donors (Lipinski definition) is 1. The van der Waals surface area contributed by atoms with E-state index in [2.05, 4.69) is 27.3 Å². The van der Waals surface area contributed by atoms with Crippen molar-refractivity contribution >= 4 is 15.9 Å². The van der Waals surface area contributed by atoms with Gasteiger partial charge in [-0.1, -0.05) is 0 Å². The minimum Gasteiger partial charge on any atom is -0.490 e. The molecule has 124 valence electrons. The summed E-state index contributed by atoms with van der Waals surface area (Å²) >= 11 is 3.56. The lowest BCUT2D eigenvalue weighted by Crippen LogP contribution is -2.17. The van der Waals surface area contributed by atoms with Crippen LogP contribution in [0.15, 0.2) is 16.6 Å². The Morgan fingerprint density at radius 2 is 2.05 bits per heavy atom. The third kappa shape index (κ3) is 5.76. The standard InChI is InChI=1S/C16H24BrNO4/c1-19-8-9-20-5-2-4-18-12-13-10-14(17)16-15(11-13)21-6-3-7-22-16/h10-11,18H,2-9,12H2,1H3. The Morgan fingerprint density at radius 1 is 1.18 bits per heavy atom. The van der Waals surface area contributed by atoms with Crippen LogP contribution < -0.4 is 14.8 Å². The first-order valence-electron chi connectivity index (χ1n) is 7.66. The van der Waals surface area contributed by atoms with E-state index < -0.39 is 0 Å². The normalized spacial score (nSPS) is 13.9. The van der Waals surface area contributed by atoms with Crippen LogP contribution in [-0.4, -0.2) is 46.7 Å². The van der Waals surface area contributed by atoms with E-state index in [-0.39, 0.29) is 0 Å². The first-order chi connectivity index (χ1) is 10.8. The van der Waals surface area contributed by atoms with E-state index >= 15 is 0 Å². The fourth-order valence-corrected chi connectivity index (χ4v) is 2.77. The predicted octanol–water partition coefficient (Wildman–Crippen LogP) is 2.75. The van der Waals surface area contributed by atoms with E-state index in [9.17, 15) is 0 Å². The van der Waals surface area contributed by atoms with Crippen LogP contribution in [0.3, 0.4) is 0 Å². The van der Waals surface area contributed by atoms with Crippen molar-refractivity contribution in [3.63, 3.8) is 0 Å². The van der Waals surface area contributed by atoms with Gasteiger partial charge in [0, 0.05) is 26.7 Å². The van der Waals surface area contributed by atoms with E-state index in [4.69, 9.17) is 18.9 Å². The van der Waals surface area contributed by atoms with Gasteiger partial charge in [-0.05, 0) is 46.6 Å². The van der Waals surface area contributed by atoms with Crippen LogP contribution in [0.2, 0.25) is 0 Å². The second kappa shape index (κ2) is 10.0. The fourth-order valence-electron chi connectivity index (χ4n) is 2.16. The van der Waals surface area contributed by atoms with Crippen molar-refractivity contribution in [1.82, 2.24) is 5.32 Å². The van der Waals surface area contributed by atoms with Crippen molar-refractivity contribution in [1.29, 1.82) is 0 Å². The number of halogens is 1. The number of benzene rings is 1. The minimum absolute atomic E-state index is 0.651. The summed E-state index contributed by atoms with van der Waals surface area (Å²) in [6.45, 7) is 5.18. The quantitative estimate of drug-likeness (QED) is 0.674. The lowest BCUT2D eigenvalue weighted by Gasteiger charge is -2.12. The molecule has 0 spiro atoms. The molecule has 22 heavy (non-hydrogen) atoms. The van der Waals surface area contributed by atoms with Crippen molar-refractivity contribution in [2.75, 3.05) is 46.7 Å². The van der Waals surface area contributed by atoms with Crippen molar-refractivity contribution in [3.05, 3.63) is 22.2 Å². The Balaban J connectivity index is 1.72. The number of ether oxygens (including phenoxy) is 4. The summed E-state index contributed by atoms with van der Waals surface area (Å²) in [6.07, 6.45) is 1.90. The van der Waals surface area contributed by atoms with Crippen molar-refractivity contribution in [3.8, 4) is 11.5 Å². The van der Waals surface area contributed by atoms with Gasteiger partial charge in [0.15, 0.2) is 11.5 Å². The molecule has 0 bridgehead atoms. The average molecular weight is 374 g/mol. The maximum atomic E-state index is 5.74. The van der Waals surface area contributed by atoms with Gasteiger partial charge < -0.3 is 24.3 Å². The topological polar surface area (TPSA) is 49.0 Å². The zero-order chi connectivity index (χ0) is 15.6. The highest BCUT2D eigenvalue weighted by molar-refractivity contribution is 9.10. The molecule has 0 aliphatic carbocycles. The van der Waals surface area contributed by atoms with Crippen LogP contribution in [0.1, 0.15) is 18.4 Å². The molecule has 5 nitrogen and oxygen atoms in total. The number of fused-ring (bicyclic) bond motifs is 1. The van der Waals surface area contributed by atoms with Gasteiger partial charge in [0.25, 0.3) is 0 Å². The molecule has 0 unspecified atom stereocenters. The van der Waals surface area contributed by atoms with E-state index in [0.717, 1.165) is 48.5 Å². The van der Waals surface area contributed by atoms with Crippen molar-refractivity contribution in [2.45, 2.75) is 19.4 Å². The van der Waals surface area contributed by atoms with Crippen LogP contribution in [-0.2, 0) is 16.0 Å². The fraction of sp³-hybridized carbons (Fsp3) is 0.625. The van der Waals surface area contributed by atoms with Crippen LogP contribution in [0.5, 0.6) is 11.5 Å². The molecule has 0 saturated heterocycles. The molecular weight excluding hydrogens is 350 g/mol. The third-order valence-corrected chi connectivity index (χ3v) is 3.85. The van der Waals surface area contributed by atoms with Gasteiger partial charge in [-0.15, -0.1) is 0 Å². The summed E-state index contributed by atoms with van der Waals surface area (Å²) in [4.78, 5) is 0. The molecule has 2 rings (SSSR count). The molecule has 1 heterocycles. The second-order valence-corrected chi connectivity index (χ2v) is 5.95. The molecule has 1 aliphatic heterocycles. The van der Waals surface area contributed by atoms with Crippen LogP contribution in [0.25, 0.3) is 0 Å². The Morgan fingerprint density at radius 3 is 2.91 bits per heavy atom. The second-order valence-electron chi connectivity index (χ2n) is 5.09. The zero-order valence-electron chi connectivity index (χ0n) is 13.0. The number of rotatable bonds is 9. The molecule has 1 aliphatic rings. The summed E-state index contributed by atoms with van der Waals surface area (Å²) in [7, 11) is 1.68. The lowest BCUT2D eigenvalue weighted by atomic mass is 10.2. The number of hydrogen-bond acceptors (Lipinski definition) is 5. The van der Waals surface area contributed by atoms with Gasteiger partial charge >= 0.3 is 0 Å². The minimum atomic E-state index is 0.651. The third-order valence-electron chi connectivity index (χ3n) is 3.27. The van der Waals surface area contributed by atoms with Gasteiger partial charge in [-0.3, -0.25) is 0 Å². The van der Waals surface area contributed by atoms with E-state index in [1.807, 2.05) is 6.07 Å². The summed E-state index contributed by atoms with van der Waals surface area (Å²) in [5, 5.41) is 3.41. The largest absolute Gasteiger partial charge is 0.490 e. The monoisotopic (exact) mass is 373 g/mol. The molecule has 0 radical (unpaired) electrons. The Bertz CT molecular complexity index is 456. The molecule has 1 N–H and O–H groups in total. The number of nitrogens with one attached hydrogen (secondary N) is 1. The van der Waals surface area contributed by atoms with Crippen LogP contribution in [0.4, 0.5) is 0 Å². The molecule has 1 aromatic carbocycles. The van der Waals surface area contributed by atoms with Crippen LogP contribution >= 0.6 is 15.9 Å². The summed E-state index contributed by atoms with van der Waals surface area (Å²) in [5.74, 6) is 1.64. The van der Waals surface area contributed by atoms with Crippen LogP contribution in [0, 0.1) is 0 Å². The average Bonchev–Trinajstić information content (AvgIpc) is 2.76. The SMILES string of the molecule is COCCOCCCNCc1cc(Br)c2c(c1)OCCCO2. The molecule has 6 heteroatoms. The van der Waals surface area contributed by atoms with Crippen molar-refractivity contribution < 1.29 is 18.9 Å². The van der Waals surface area contributed by atoms with E-state index in [0.29, 0.717) is 26.4 Å². The Kier molecular flexibility index (Phi) is 8.01. The first kappa shape index (κ1) is 17.5. The predicted molar refractivity (Wildman–Crippen MR) is 88.8 cm³/mol. The molecule has 0 atom stereocenters. The Labute approximate surface area is 140 Å². The maximum absolute atomic E-state index is 5.74. The maximum Gasteiger partial charge on any atom is 0.175 e. The summed E-state index contributed by atoms with van der Waals surface area (Å²) in [5.41, 5.74) is 1.18. The number of methoxy groups -OCH3 is 1. The van der Waals surface area contributed by atoms with E-state index in [1.165, 1.54) is 5.56 Å². The molecule has 1 aromatic rings. The van der Waals surface area contributed by atoms with Gasteiger partial charge in [0.2, 0.25) is 0 Å². The molecule has 0 aromatic heterocycles.